The van der Waals surface area contributed by atoms with Crippen LogP contribution in [0.4, 0.5) is 22.5 Å². The van der Waals surface area contributed by atoms with E-state index in [1.54, 1.807) is 12.4 Å². The molecule has 2 amide bonds. The molecule has 2 saturated heterocycles. The molecule has 6 rings (SSSR count). The van der Waals surface area contributed by atoms with Gasteiger partial charge >= 0.3 is 6.09 Å². The summed E-state index contributed by atoms with van der Waals surface area (Å²) < 4.78 is 5.37. The van der Waals surface area contributed by atoms with Gasteiger partial charge in [0.1, 0.15) is 5.82 Å². The number of carbonyl (C=O) groups is 2. The minimum atomic E-state index is -1.02. The standard InChI is InChI=1S/C15H17N7O3.C14H21N3O/c16-13-17-7-9(8-18-13)11-10-1-2-22(15(23)24)12(10)20-14(19-11)21-3-5-25-6-4-21;1-15-11-12-4-3-5-13(10-12)14(18)17-8-6-16(2)7-9-17/h7-8H,1-6H2,(H,23,24)(H2,16,17,18);3-5,10,15H,6-9,11H2,1-2H3. The first-order valence-corrected chi connectivity index (χ1v) is 14.4. The lowest BCUT2D eigenvalue weighted by atomic mass is 10.1. The monoisotopic (exact) mass is 590 g/mol. The third kappa shape index (κ3) is 7.16. The summed E-state index contributed by atoms with van der Waals surface area (Å²) in [6.07, 6.45) is 2.71. The van der Waals surface area contributed by atoms with Gasteiger partial charge < -0.3 is 35.6 Å². The van der Waals surface area contributed by atoms with E-state index in [1.165, 1.54) is 4.90 Å². The number of benzene rings is 1. The maximum absolute atomic E-state index is 12.3. The third-order valence-corrected chi connectivity index (χ3v) is 7.63. The molecule has 4 N–H and O–H groups in total. The summed E-state index contributed by atoms with van der Waals surface area (Å²) in [5.41, 5.74) is 9.63. The molecule has 3 aromatic rings. The number of morpholine rings is 1. The molecule has 228 valence electrons. The number of nitrogens with one attached hydrogen (secondary N) is 1. The van der Waals surface area contributed by atoms with Crippen LogP contribution in [-0.4, -0.2) is 120 Å². The zero-order valence-electron chi connectivity index (χ0n) is 24.6. The molecular formula is C29H38N10O4. The number of ether oxygens (including phenoxy) is 1. The minimum absolute atomic E-state index is 0.154. The summed E-state index contributed by atoms with van der Waals surface area (Å²) in [4.78, 5) is 48.6. The van der Waals surface area contributed by atoms with Crippen molar-refractivity contribution in [3.8, 4) is 11.3 Å². The molecule has 3 aliphatic heterocycles. The summed E-state index contributed by atoms with van der Waals surface area (Å²) in [5.74, 6) is 1.24. The number of likely N-dealkylation sites (N-methyl/N-ethyl adjacent to an activating group) is 1. The number of piperazine rings is 1. The molecule has 2 aromatic heterocycles. The number of carbonyl (C=O) groups excluding carboxylic acids is 1. The Kier molecular flexibility index (Phi) is 9.59. The van der Waals surface area contributed by atoms with Crippen LogP contribution >= 0.6 is 0 Å². The molecule has 2 fully saturated rings. The zero-order valence-corrected chi connectivity index (χ0v) is 24.6. The number of amides is 2. The number of carboxylic acid groups (broad SMARTS) is 1. The fraction of sp³-hybridized carbons (Fsp3) is 0.448. The second kappa shape index (κ2) is 13.7. The van der Waals surface area contributed by atoms with Crippen LogP contribution < -0.4 is 20.9 Å². The number of anilines is 3. The largest absolute Gasteiger partial charge is 0.465 e. The van der Waals surface area contributed by atoms with Crippen LogP contribution in [-0.2, 0) is 17.7 Å². The van der Waals surface area contributed by atoms with Gasteiger partial charge in [-0.3, -0.25) is 9.69 Å². The summed E-state index contributed by atoms with van der Waals surface area (Å²) in [7, 11) is 4.00. The van der Waals surface area contributed by atoms with Crippen LogP contribution in [0.15, 0.2) is 36.7 Å². The van der Waals surface area contributed by atoms with Crippen molar-refractivity contribution in [2.75, 3.05) is 88.7 Å². The van der Waals surface area contributed by atoms with E-state index in [2.05, 4.69) is 37.2 Å². The first-order chi connectivity index (χ1) is 20.8. The van der Waals surface area contributed by atoms with Crippen LogP contribution in [0.1, 0.15) is 21.5 Å². The van der Waals surface area contributed by atoms with E-state index in [9.17, 15) is 14.7 Å². The van der Waals surface area contributed by atoms with Crippen molar-refractivity contribution < 1.29 is 19.4 Å². The average molecular weight is 591 g/mol. The van der Waals surface area contributed by atoms with Gasteiger partial charge in [0.15, 0.2) is 0 Å². The van der Waals surface area contributed by atoms with Crippen molar-refractivity contribution >= 4 is 29.7 Å². The van der Waals surface area contributed by atoms with Gasteiger partial charge in [-0.2, -0.15) is 4.98 Å². The van der Waals surface area contributed by atoms with Crippen LogP contribution in [0.5, 0.6) is 0 Å². The molecular weight excluding hydrogens is 552 g/mol. The highest BCUT2D eigenvalue weighted by Gasteiger charge is 2.31. The quantitative estimate of drug-likeness (QED) is 0.389. The van der Waals surface area contributed by atoms with Crippen molar-refractivity contribution in [3.63, 3.8) is 0 Å². The van der Waals surface area contributed by atoms with Crippen molar-refractivity contribution in [1.82, 2.24) is 35.1 Å². The second-order valence-corrected chi connectivity index (χ2v) is 10.6. The van der Waals surface area contributed by atoms with Gasteiger partial charge in [0, 0.05) is 81.4 Å². The maximum atomic E-state index is 12.3. The lowest BCUT2D eigenvalue weighted by Gasteiger charge is -2.32. The topological polar surface area (TPSA) is 166 Å². The van der Waals surface area contributed by atoms with E-state index in [-0.39, 0.29) is 11.9 Å². The molecule has 14 nitrogen and oxygen atoms in total. The van der Waals surface area contributed by atoms with Crippen molar-refractivity contribution in [2.45, 2.75) is 13.0 Å². The number of hydrogen-bond donors (Lipinski definition) is 3. The van der Waals surface area contributed by atoms with Crippen LogP contribution in [0, 0.1) is 0 Å². The molecule has 0 radical (unpaired) electrons. The molecule has 3 aliphatic rings. The normalized spacial score (nSPS) is 16.8. The van der Waals surface area contributed by atoms with Crippen molar-refractivity contribution in [1.29, 1.82) is 0 Å². The molecule has 0 unspecified atom stereocenters. The Morgan fingerprint density at radius 2 is 1.74 bits per heavy atom. The Bertz CT molecular complexity index is 1420. The highest BCUT2D eigenvalue weighted by Crippen LogP contribution is 2.35. The number of nitrogens with two attached hydrogens (primary N) is 1. The first-order valence-electron chi connectivity index (χ1n) is 14.4. The first kappa shape index (κ1) is 30.1. The molecule has 0 bridgehead atoms. The number of nitrogens with zero attached hydrogens (tertiary/aromatic N) is 8. The lowest BCUT2D eigenvalue weighted by Crippen LogP contribution is -2.47. The Morgan fingerprint density at radius 3 is 2.42 bits per heavy atom. The van der Waals surface area contributed by atoms with Crippen molar-refractivity contribution in [2.24, 2.45) is 0 Å². The highest BCUT2D eigenvalue weighted by molar-refractivity contribution is 5.94. The smallest absolute Gasteiger partial charge is 0.413 e. The van der Waals surface area contributed by atoms with Crippen LogP contribution in [0.2, 0.25) is 0 Å². The average Bonchev–Trinajstić information content (AvgIpc) is 3.47. The van der Waals surface area contributed by atoms with Crippen LogP contribution in [0.25, 0.3) is 11.3 Å². The Morgan fingerprint density at radius 1 is 1.02 bits per heavy atom. The zero-order chi connectivity index (χ0) is 30.3. The predicted octanol–water partition coefficient (Wildman–Crippen LogP) is 1.19. The summed E-state index contributed by atoms with van der Waals surface area (Å²) in [6.45, 7) is 7.21. The summed E-state index contributed by atoms with van der Waals surface area (Å²) >= 11 is 0. The van der Waals surface area contributed by atoms with Crippen molar-refractivity contribution in [3.05, 3.63) is 53.3 Å². The van der Waals surface area contributed by atoms with E-state index in [4.69, 9.17) is 10.5 Å². The number of aromatic nitrogens is 4. The molecule has 5 heterocycles. The van der Waals surface area contributed by atoms with Gasteiger partial charge in [0.2, 0.25) is 11.9 Å². The predicted molar refractivity (Wildman–Crippen MR) is 162 cm³/mol. The number of nitrogen functional groups attached to an aromatic ring is 1. The summed E-state index contributed by atoms with van der Waals surface area (Å²) in [6, 6.07) is 7.88. The van der Waals surface area contributed by atoms with E-state index >= 15 is 0 Å². The van der Waals surface area contributed by atoms with E-state index in [1.807, 2.05) is 41.1 Å². The molecule has 0 aliphatic carbocycles. The Balaban J connectivity index is 0.000000181. The van der Waals surface area contributed by atoms with E-state index in [0.717, 1.165) is 49.4 Å². The van der Waals surface area contributed by atoms with Gasteiger partial charge in [-0.1, -0.05) is 12.1 Å². The third-order valence-electron chi connectivity index (χ3n) is 7.63. The van der Waals surface area contributed by atoms with Gasteiger partial charge in [0.25, 0.3) is 5.91 Å². The maximum Gasteiger partial charge on any atom is 0.413 e. The second-order valence-electron chi connectivity index (χ2n) is 10.6. The molecule has 14 heteroatoms. The van der Waals surface area contributed by atoms with Gasteiger partial charge in [-0.15, -0.1) is 0 Å². The number of hydrogen-bond acceptors (Lipinski definition) is 11. The molecule has 1 aromatic carbocycles. The lowest BCUT2D eigenvalue weighted by molar-refractivity contribution is 0.0664. The molecule has 43 heavy (non-hydrogen) atoms. The van der Waals surface area contributed by atoms with Gasteiger partial charge in [-0.05, 0) is 38.2 Å². The van der Waals surface area contributed by atoms with Gasteiger partial charge in [0.05, 0.1) is 18.9 Å². The SMILES string of the molecule is CNCc1cccc(C(=O)N2CCN(C)CC2)c1.Nc1ncc(-c2nc(N3CCOCC3)nc3c2CCN3C(=O)O)cn1. The number of rotatable bonds is 5. The fourth-order valence-corrected chi connectivity index (χ4v) is 5.24. The molecule has 0 spiro atoms. The summed E-state index contributed by atoms with van der Waals surface area (Å²) in [5, 5.41) is 12.6. The fourth-order valence-electron chi connectivity index (χ4n) is 5.24. The Hall–Kier alpha value is -4.40. The molecule has 0 saturated carbocycles. The molecule has 0 atom stereocenters. The highest BCUT2D eigenvalue weighted by atomic mass is 16.5. The van der Waals surface area contributed by atoms with E-state index < -0.39 is 6.09 Å². The Labute approximate surface area is 250 Å². The van der Waals surface area contributed by atoms with E-state index in [0.29, 0.717) is 62.3 Å². The minimum Gasteiger partial charge on any atom is -0.465 e. The van der Waals surface area contributed by atoms with Gasteiger partial charge in [-0.25, -0.2) is 19.7 Å². The number of fused-ring (bicyclic) bond motifs is 1. The van der Waals surface area contributed by atoms with Crippen LogP contribution in [0.3, 0.4) is 0 Å².